The molecule has 9 heteroatoms. The number of nitrogens with one attached hydrogen (secondary N) is 2. The predicted molar refractivity (Wildman–Crippen MR) is 116 cm³/mol. The molecule has 0 spiro atoms. The molecule has 0 saturated heterocycles. The number of nitrogens with zero attached hydrogens (tertiary/aromatic N) is 3. The first-order valence-corrected chi connectivity index (χ1v) is 10.3. The highest BCUT2D eigenvalue weighted by Crippen LogP contribution is 2.21. The van der Waals surface area contributed by atoms with Gasteiger partial charge in [-0.25, -0.2) is 4.98 Å². The fourth-order valence-electron chi connectivity index (χ4n) is 2.90. The molecule has 0 aliphatic rings. The lowest BCUT2D eigenvalue weighted by Crippen LogP contribution is -2.22. The number of H-pyrrole nitrogens is 1. The molecule has 0 unspecified atom stereocenters. The maximum Gasteiger partial charge on any atom is 0.269 e. The zero-order valence-corrected chi connectivity index (χ0v) is 17.0. The van der Waals surface area contributed by atoms with Crippen molar-refractivity contribution < 1.29 is 9.53 Å². The van der Waals surface area contributed by atoms with E-state index >= 15 is 0 Å². The Labute approximate surface area is 176 Å². The first-order chi connectivity index (χ1) is 14.7. The van der Waals surface area contributed by atoms with Crippen LogP contribution in [0.1, 0.15) is 6.92 Å². The van der Waals surface area contributed by atoms with Gasteiger partial charge in [-0.3, -0.25) is 19.3 Å². The highest BCUT2D eigenvalue weighted by Gasteiger charge is 2.16. The average Bonchev–Trinajstić information content (AvgIpc) is 3.24. The van der Waals surface area contributed by atoms with E-state index in [2.05, 4.69) is 20.5 Å². The van der Waals surface area contributed by atoms with Gasteiger partial charge in [0.05, 0.1) is 24.2 Å². The number of ether oxygens (including phenoxy) is 1. The van der Waals surface area contributed by atoms with Crippen LogP contribution in [0.5, 0.6) is 5.75 Å². The van der Waals surface area contributed by atoms with Crippen LogP contribution in [0.4, 0.5) is 5.69 Å². The number of anilines is 1. The van der Waals surface area contributed by atoms with Gasteiger partial charge >= 0.3 is 0 Å². The first-order valence-electron chi connectivity index (χ1n) is 9.33. The van der Waals surface area contributed by atoms with E-state index in [0.29, 0.717) is 34.2 Å². The highest BCUT2D eigenvalue weighted by molar-refractivity contribution is 7.99. The van der Waals surface area contributed by atoms with Crippen molar-refractivity contribution >= 4 is 34.4 Å². The number of carbonyl (C=O) groups excluding carboxylic acids is 1. The summed E-state index contributed by atoms with van der Waals surface area (Å²) in [6, 6.07) is 16.3. The number of benzene rings is 2. The van der Waals surface area contributed by atoms with E-state index < -0.39 is 0 Å². The predicted octanol–water partition coefficient (Wildman–Crippen LogP) is 3.24. The van der Waals surface area contributed by atoms with Crippen LogP contribution < -0.4 is 15.6 Å². The van der Waals surface area contributed by atoms with Gasteiger partial charge < -0.3 is 10.1 Å². The Morgan fingerprint density at radius 3 is 2.67 bits per heavy atom. The van der Waals surface area contributed by atoms with Gasteiger partial charge in [-0.15, -0.1) is 0 Å². The van der Waals surface area contributed by atoms with Crippen molar-refractivity contribution in [2.24, 2.45) is 0 Å². The van der Waals surface area contributed by atoms with Gasteiger partial charge in [-0.05, 0) is 43.3 Å². The molecule has 4 rings (SSSR count). The summed E-state index contributed by atoms with van der Waals surface area (Å²) in [6.07, 6.45) is 1.46. The zero-order valence-electron chi connectivity index (χ0n) is 16.2. The molecule has 0 aliphatic carbocycles. The summed E-state index contributed by atoms with van der Waals surface area (Å²) in [5, 5.41) is 10.3. The molecule has 2 aromatic heterocycles. The van der Waals surface area contributed by atoms with Gasteiger partial charge in [0.1, 0.15) is 11.1 Å². The number of fused-ring (bicyclic) bond motifs is 1. The van der Waals surface area contributed by atoms with E-state index in [-0.39, 0.29) is 17.2 Å². The fourth-order valence-corrected chi connectivity index (χ4v) is 3.71. The summed E-state index contributed by atoms with van der Waals surface area (Å²) >= 11 is 1.18. The van der Waals surface area contributed by atoms with Crippen molar-refractivity contribution in [1.29, 1.82) is 0 Å². The lowest BCUT2D eigenvalue weighted by atomic mass is 10.3. The van der Waals surface area contributed by atoms with E-state index in [9.17, 15) is 9.59 Å². The topological polar surface area (TPSA) is 102 Å². The molecule has 1 amide bonds. The van der Waals surface area contributed by atoms with Crippen LogP contribution in [0, 0.1) is 0 Å². The fraction of sp³-hybridized carbons (Fsp3) is 0.143. The third-order valence-electron chi connectivity index (χ3n) is 4.25. The SMILES string of the molecule is CCOc1ccc(NC(=O)CSc2nc3[nH]ncc3c(=O)n2-c2ccccc2)cc1. The number of aromatic amines is 1. The van der Waals surface area contributed by atoms with Crippen LogP contribution in [0.25, 0.3) is 16.7 Å². The molecule has 2 N–H and O–H groups in total. The second kappa shape index (κ2) is 8.83. The van der Waals surface area contributed by atoms with Crippen molar-refractivity contribution in [3.05, 3.63) is 71.1 Å². The summed E-state index contributed by atoms with van der Waals surface area (Å²) in [4.78, 5) is 29.9. The molecule has 152 valence electrons. The second-order valence-corrected chi connectivity index (χ2v) is 7.24. The maximum atomic E-state index is 13.0. The molecule has 2 aromatic carbocycles. The third-order valence-corrected chi connectivity index (χ3v) is 5.19. The molecule has 8 nitrogen and oxygen atoms in total. The number of hydrogen-bond donors (Lipinski definition) is 2. The third kappa shape index (κ3) is 4.20. The van der Waals surface area contributed by atoms with Crippen molar-refractivity contribution in [1.82, 2.24) is 19.7 Å². The zero-order chi connectivity index (χ0) is 20.9. The van der Waals surface area contributed by atoms with Crippen molar-refractivity contribution in [3.63, 3.8) is 0 Å². The number of amides is 1. The van der Waals surface area contributed by atoms with Gasteiger partial charge in [0.25, 0.3) is 5.56 Å². The molecule has 0 atom stereocenters. The Balaban J connectivity index is 1.54. The minimum atomic E-state index is -0.241. The smallest absolute Gasteiger partial charge is 0.269 e. The first kappa shape index (κ1) is 19.7. The summed E-state index contributed by atoms with van der Waals surface area (Å²) < 4.78 is 6.89. The number of hydrogen-bond acceptors (Lipinski definition) is 6. The lowest BCUT2D eigenvalue weighted by molar-refractivity contribution is -0.113. The number of thioether (sulfide) groups is 1. The van der Waals surface area contributed by atoms with Crippen LogP contribution in [-0.4, -0.2) is 38.0 Å². The number of para-hydroxylation sites is 1. The van der Waals surface area contributed by atoms with Crippen LogP contribution >= 0.6 is 11.8 Å². The molecule has 0 bridgehead atoms. The molecular formula is C21H19N5O3S. The molecular weight excluding hydrogens is 402 g/mol. The van der Waals surface area contributed by atoms with Crippen molar-refractivity contribution in [3.8, 4) is 11.4 Å². The summed E-state index contributed by atoms with van der Waals surface area (Å²) in [7, 11) is 0. The quantitative estimate of drug-likeness (QED) is 0.351. The summed E-state index contributed by atoms with van der Waals surface area (Å²) in [5.74, 6) is 0.628. The van der Waals surface area contributed by atoms with E-state index in [4.69, 9.17) is 4.74 Å². The Bertz CT molecular complexity index is 1220. The van der Waals surface area contributed by atoms with Crippen LogP contribution in [0.3, 0.4) is 0 Å². The van der Waals surface area contributed by atoms with E-state index in [1.807, 2.05) is 37.3 Å². The largest absolute Gasteiger partial charge is 0.494 e. The maximum absolute atomic E-state index is 13.0. The summed E-state index contributed by atoms with van der Waals surface area (Å²) in [5.41, 5.74) is 1.49. The Hall–Kier alpha value is -3.59. The van der Waals surface area contributed by atoms with Crippen molar-refractivity contribution in [2.45, 2.75) is 12.1 Å². The van der Waals surface area contributed by atoms with Gasteiger partial charge in [0.15, 0.2) is 10.8 Å². The Morgan fingerprint density at radius 1 is 1.17 bits per heavy atom. The molecule has 0 aliphatic heterocycles. The normalized spacial score (nSPS) is 10.8. The molecule has 0 fully saturated rings. The molecule has 2 heterocycles. The Morgan fingerprint density at radius 2 is 1.93 bits per heavy atom. The lowest BCUT2D eigenvalue weighted by Gasteiger charge is -2.12. The van der Waals surface area contributed by atoms with Gasteiger partial charge in [0, 0.05) is 5.69 Å². The molecule has 4 aromatic rings. The van der Waals surface area contributed by atoms with Crippen LogP contribution in [-0.2, 0) is 4.79 Å². The van der Waals surface area contributed by atoms with Gasteiger partial charge in [-0.1, -0.05) is 30.0 Å². The monoisotopic (exact) mass is 421 g/mol. The second-order valence-electron chi connectivity index (χ2n) is 6.30. The molecule has 0 saturated carbocycles. The highest BCUT2D eigenvalue weighted by atomic mass is 32.2. The number of rotatable bonds is 7. The molecule has 0 radical (unpaired) electrons. The standard InChI is InChI=1S/C21H19N5O3S/c1-2-29-16-10-8-14(9-11-16)23-18(27)13-30-21-24-19-17(12-22-25-19)20(28)26(21)15-6-4-3-5-7-15/h3-12H,2,13H2,1H3,(H,22,25)(H,23,27). The van der Waals surface area contributed by atoms with Crippen LogP contribution in [0.15, 0.2) is 70.7 Å². The average molecular weight is 421 g/mol. The minimum absolute atomic E-state index is 0.0894. The van der Waals surface area contributed by atoms with E-state index in [1.54, 1.807) is 24.3 Å². The van der Waals surface area contributed by atoms with Gasteiger partial charge in [-0.2, -0.15) is 5.10 Å². The van der Waals surface area contributed by atoms with E-state index in [1.165, 1.54) is 22.5 Å². The number of aromatic nitrogens is 4. The van der Waals surface area contributed by atoms with Crippen LogP contribution in [0.2, 0.25) is 0 Å². The van der Waals surface area contributed by atoms with E-state index in [0.717, 1.165) is 5.75 Å². The van der Waals surface area contributed by atoms with Crippen molar-refractivity contribution in [2.75, 3.05) is 17.7 Å². The summed E-state index contributed by atoms with van der Waals surface area (Å²) in [6.45, 7) is 2.50. The Kier molecular flexibility index (Phi) is 5.80. The number of carbonyl (C=O) groups is 1. The minimum Gasteiger partial charge on any atom is -0.494 e. The molecule has 30 heavy (non-hydrogen) atoms. The van der Waals surface area contributed by atoms with Gasteiger partial charge in [0.2, 0.25) is 5.91 Å².